The van der Waals surface area contributed by atoms with Gasteiger partial charge in [-0.2, -0.15) is 5.10 Å². The maximum absolute atomic E-state index is 12.3. The second kappa shape index (κ2) is 4.93. The molecule has 0 aliphatic carbocycles. The smallest absolute Gasteiger partial charge is 0.265 e. The highest BCUT2D eigenvalue weighted by molar-refractivity contribution is 7.92. The number of anilines is 2. The Morgan fingerprint density at radius 1 is 1.11 bits per heavy atom. The fourth-order valence-corrected chi connectivity index (χ4v) is 3.28. The van der Waals surface area contributed by atoms with E-state index in [1.807, 2.05) is 0 Å². The second-order valence-electron chi connectivity index (χ2n) is 4.20. The van der Waals surface area contributed by atoms with Crippen LogP contribution in [0, 0.1) is 13.8 Å². The zero-order chi connectivity index (χ0) is 14.0. The van der Waals surface area contributed by atoms with E-state index >= 15 is 0 Å². The summed E-state index contributed by atoms with van der Waals surface area (Å²) in [4.78, 5) is 0.199. The molecule has 1 aromatic carbocycles. The zero-order valence-electron chi connectivity index (χ0n) is 11.0. The van der Waals surface area contributed by atoms with Crippen molar-refractivity contribution < 1.29 is 8.42 Å². The molecule has 0 amide bonds. The number of hydrogen-bond donors (Lipinski definition) is 3. The third-order valence-electron chi connectivity index (χ3n) is 2.76. The molecule has 0 unspecified atom stereocenters. The molecule has 2 aromatic rings. The van der Waals surface area contributed by atoms with E-state index in [-0.39, 0.29) is 4.90 Å². The van der Waals surface area contributed by atoms with Gasteiger partial charge in [0.1, 0.15) is 4.90 Å². The molecule has 0 fully saturated rings. The quantitative estimate of drug-likeness (QED) is 0.798. The van der Waals surface area contributed by atoms with E-state index in [0.29, 0.717) is 17.1 Å². The van der Waals surface area contributed by atoms with Gasteiger partial charge in [0.05, 0.1) is 11.4 Å². The molecular weight excluding hydrogens is 264 g/mol. The first-order chi connectivity index (χ1) is 8.94. The number of sulfonamides is 1. The van der Waals surface area contributed by atoms with Crippen LogP contribution in [0.3, 0.4) is 0 Å². The molecule has 0 atom stereocenters. The Hall–Kier alpha value is -2.02. The van der Waals surface area contributed by atoms with E-state index in [4.69, 9.17) is 0 Å². The van der Waals surface area contributed by atoms with Crippen LogP contribution in [0.4, 0.5) is 11.4 Å². The Labute approximate surface area is 112 Å². The Morgan fingerprint density at radius 2 is 1.68 bits per heavy atom. The predicted molar refractivity (Wildman–Crippen MR) is 74.9 cm³/mol. The fourth-order valence-electron chi connectivity index (χ4n) is 1.85. The third-order valence-corrected chi connectivity index (χ3v) is 4.40. The van der Waals surface area contributed by atoms with Gasteiger partial charge >= 0.3 is 0 Å². The van der Waals surface area contributed by atoms with Gasteiger partial charge in [0, 0.05) is 18.4 Å². The van der Waals surface area contributed by atoms with Crippen LogP contribution in [0.2, 0.25) is 0 Å². The number of H-pyrrole nitrogens is 1. The molecule has 7 heteroatoms. The molecule has 19 heavy (non-hydrogen) atoms. The molecule has 0 saturated carbocycles. The van der Waals surface area contributed by atoms with Crippen molar-refractivity contribution in [3.63, 3.8) is 0 Å². The summed E-state index contributed by atoms with van der Waals surface area (Å²) >= 11 is 0. The van der Waals surface area contributed by atoms with Gasteiger partial charge in [0.25, 0.3) is 10.0 Å². The van der Waals surface area contributed by atoms with E-state index in [1.165, 1.54) is 0 Å². The zero-order valence-corrected chi connectivity index (χ0v) is 11.8. The van der Waals surface area contributed by atoms with E-state index in [2.05, 4.69) is 20.2 Å². The van der Waals surface area contributed by atoms with Crippen LogP contribution >= 0.6 is 0 Å². The fraction of sp³-hybridized carbons (Fsp3) is 0.250. The lowest BCUT2D eigenvalue weighted by Gasteiger charge is -2.09. The van der Waals surface area contributed by atoms with Crippen LogP contribution in [0.5, 0.6) is 0 Å². The average Bonchev–Trinajstić information content (AvgIpc) is 2.70. The number of hydrogen-bond acceptors (Lipinski definition) is 4. The summed E-state index contributed by atoms with van der Waals surface area (Å²) < 4.78 is 27.1. The van der Waals surface area contributed by atoms with E-state index in [9.17, 15) is 8.42 Å². The number of nitrogens with zero attached hydrogens (tertiary/aromatic N) is 1. The lowest BCUT2D eigenvalue weighted by Crippen LogP contribution is -2.14. The summed E-state index contributed by atoms with van der Waals surface area (Å²) in [5.41, 5.74) is 2.41. The van der Waals surface area contributed by atoms with Gasteiger partial charge in [0.2, 0.25) is 0 Å². The van der Waals surface area contributed by atoms with Crippen molar-refractivity contribution in [3.05, 3.63) is 35.7 Å². The Bertz CT molecular complexity index is 655. The molecule has 0 saturated heterocycles. The minimum atomic E-state index is -3.62. The molecule has 0 radical (unpaired) electrons. The van der Waals surface area contributed by atoms with E-state index in [1.54, 1.807) is 45.2 Å². The summed E-state index contributed by atoms with van der Waals surface area (Å²) in [6.45, 7) is 3.33. The summed E-state index contributed by atoms with van der Waals surface area (Å²) in [6.07, 6.45) is 0. The summed E-state index contributed by atoms with van der Waals surface area (Å²) in [7, 11) is -1.81. The molecule has 1 aromatic heterocycles. The molecule has 102 valence electrons. The van der Waals surface area contributed by atoms with Gasteiger partial charge < -0.3 is 5.32 Å². The maximum Gasteiger partial charge on any atom is 0.265 e. The summed E-state index contributed by atoms with van der Waals surface area (Å²) in [5, 5.41) is 9.54. The SMILES string of the molecule is CNc1ccc(NS(=O)(=O)c2c(C)n[nH]c2C)cc1. The van der Waals surface area contributed by atoms with Crippen LogP contribution < -0.4 is 10.0 Å². The molecule has 6 nitrogen and oxygen atoms in total. The second-order valence-corrected chi connectivity index (χ2v) is 5.82. The molecule has 0 aliphatic rings. The minimum Gasteiger partial charge on any atom is -0.388 e. The van der Waals surface area contributed by atoms with Crippen molar-refractivity contribution in [2.45, 2.75) is 18.7 Å². The standard InChI is InChI=1S/C12H16N4O2S/c1-8-12(9(2)15-14-8)19(17,18)16-11-6-4-10(13-3)5-7-11/h4-7,13,16H,1-3H3,(H,14,15). The lowest BCUT2D eigenvalue weighted by molar-refractivity contribution is 0.600. The third kappa shape index (κ3) is 2.70. The van der Waals surface area contributed by atoms with Crippen molar-refractivity contribution in [1.29, 1.82) is 0 Å². The topological polar surface area (TPSA) is 86.9 Å². The van der Waals surface area contributed by atoms with Gasteiger partial charge in [-0.3, -0.25) is 9.82 Å². The first-order valence-electron chi connectivity index (χ1n) is 5.76. The highest BCUT2D eigenvalue weighted by Gasteiger charge is 2.22. The first kappa shape index (κ1) is 13.4. The van der Waals surface area contributed by atoms with Crippen LogP contribution in [-0.2, 0) is 10.0 Å². The van der Waals surface area contributed by atoms with E-state index < -0.39 is 10.0 Å². The number of benzene rings is 1. The molecule has 2 rings (SSSR count). The van der Waals surface area contributed by atoms with Crippen molar-refractivity contribution in [1.82, 2.24) is 10.2 Å². The summed E-state index contributed by atoms with van der Waals surface area (Å²) in [6, 6.07) is 7.00. The highest BCUT2D eigenvalue weighted by Crippen LogP contribution is 2.21. The number of rotatable bonds is 4. The largest absolute Gasteiger partial charge is 0.388 e. The molecule has 0 aliphatic heterocycles. The van der Waals surface area contributed by atoms with Gasteiger partial charge in [0.15, 0.2) is 0 Å². The van der Waals surface area contributed by atoms with Gasteiger partial charge in [-0.25, -0.2) is 8.42 Å². The van der Waals surface area contributed by atoms with Crippen LogP contribution in [0.25, 0.3) is 0 Å². The molecular formula is C12H16N4O2S. The Kier molecular flexibility index (Phi) is 3.48. The number of aromatic amines is 1. The van der Waals surface area contributed by atoms with Crippen LogP contribution in [0.1, 0.15) is 11.4 Å². The predicted octanol–water partition coefficient (Wildman–Crippen LogP) is 1.87. The Balaban J connectivity index is 2.31. The summed E-state index contributed by atoms with van der Waals surface area (Å²) in [5.74, 6) is 0. The maximum atomic E-state index is 12.3. The highest BCUT2D eigenvalue weighted by atomic mass is 32.2. The van der Waals surface area contributed by atoms with Crippen LogP contribution in [-0.4, -0.2) is 25.7 Å². The van der Waals surface area contributed by atoms with E-state index in [0.717, 1.165) is 5.69 Å². The Morgan fingerprint density at radius 3 is 2.16 bits per heavy atom. The lowest BCUT2D eigenvalue weighted by atomic mass is 10.3. The van der Waals surface area contributed by atoms with Crippen molar-refractivity contribution in [2.75, 3.05) is 17.1 Å². The number of aromatic nitrogens is 2. The van der Waals surface area contributed by atoms with Crippen LogP contribution in [0.15, 0.2) is 29.2 Å². The molecule has 0 bridgehead atoms. The van der Waals surface area contributed by atoms with Crippen molar-refractivity contribution >= 4 is 21.4 Å². The first-order valence-corrected chi connectivity index (χ1v) is 7.24. The van der Waals surface area contributed by atoms with Gasteiger partial charge in [-0.05, 0) is 38.1 Å². The molecule has 3 N–H and O–H groups in total. The molecule has 1 heterocycles. The van der Waals surface area contributed by atoms with Crippen molar-refractivity contribution in [2.24, 2.45) is 0 Å². The number of aryl methyl sites for hydroxylation is 2. The molecule has 0 spiro atoms. The monoisotopic (exact) mass is 280 g/mol. The normalized spacial score (nSPS) is 11.3. The van der Waals surface area contributed by atoms with Crippen molar-refractivity contribution in [3.8, 4) is 0 Å². The minimum absolute atomic E-state index is 0.199. The number of nitrogens with one attached hydrogen (secondary N) is 3. The average molecular weight is 280 g/mol. The van der Waals surface area contributed by atoms with Gasteiger partial charge in [-0.1, -0.05) is 0 Å². The van der Waals surface area contributed by atoms with Gasteiger partial charge in [-0.15, -0.1) is 0 Å².